The van der Waals surface area contributed by atoms with Gasteiger partial charge in [-0.2, -0.15) is 0 Å². The van der Waals surface area contributed by atoms with Gasteiger partial charge in [-0.25, -0.2) is 0 Å². The molecule has 0 aromatic heterocycles. The monoisotopic (exact) mass is 387 g/mol. The topological polar surface area (TPSA) is 9.23 Å². The van der Waals surface area contributed by atoms with Gasteiger partial charge in [0.05, 0.1) is 6.10 Å². The van der Waals surface area contributed by atoms with Crippen molar-refractivity contribution in [2.45, 2.75) is 129 Å². The number of rotatable bonds is 19. The normalized spacial score (nSPS) is 12.2. The van der Waals surface area contributed by atoms with Crippen LogP contribution in [0.4, 0.5) is 0 Å². The molecule has 0 bridgehead atoms. The molecule has 1 unspecified atom stereocenters. The maximum atomic E-state index is 6.38. The fourth-order valence-electron chi connectivity index (χ4n) is 3.82. The zero-order valence-corrected chi connectivity index (χ0v) is 19.0. The second kappa shape index (κ2) is 18.1. The molecular formula is C27H47O. The lowest BCUT2D eigenvalue weighted by atomic mass is 10.0. The summed E-state index contributed by atoms with van der Waals surface area (Å²) in [6.07, 6.45) is 22.4. The smallest absolute Gasteiger partial charge is 0.119 e. The Morgan fingerprint density at radius 3 is 1.82 bits per heavy atom. The van der Waals surface area contributed by atoms with Crippen LogP contribution in [0.15, 0.2) is 24.3 Å². The van der Waals surface area contributed by atoms with Crippen LogP contribution in [0.25, 0.3) is 0 Å². The molecule has 0 aliphatic heterocycles. The van der Waals surface area contributed by atoms with Gasteiger partial charge in [-0.05, 0) is 56.2 Å². The van der Waals surface area contributed by atoms with Crippen LogP contribution >= 0.6 is 0 Å². The van der Waals surface area contributed by atoms with Crippen molar-refractivity contribution >= 4 is 0 Å². The molecule has 1 atom stereocenters. The number of ether oxygens (including phenoxy) is 1. The van der Waals surface area contributed by atoms with E-state index >= 15 is 0 Å². The van der Waals surface area contributed by atoms with Gasteiger partial charge in [0.2, 0.25) is 0 Å². The van der Waals surface area contributed by atoms with Crippen LogP contribution in [-0.4, -0.2) is 6.10 Å². The van der Waals surface area contributed by atoms with Crippen molar-refractivity contribution in [2.75, 3.05) is 0 Å². The Bertz CT molecular complexity index is 436. The predicted octanol–water partition coefficient (Wildman–Crippen LogP) is 9.09. The van der Waals surface area contributed by atoms with Crippen molar-refractivity contribution < 1.29 is 4.74 Å². The first-order chi connectivity index (χ1) is 13.8. The minimum atomic E-state index is 0.373. The fourth-order valence-corrected chi connectivity index (χ4v) is 3.82. The van der Waals surface area contributed by atoms with Crippen molar-refractivity contribution in [1.29, 1.82) is 0 Å². The van der Waals surface area contributed by atoms with Crippen molar-refractivity contribution in [3.63, 3.8) is 0 Å². The first-order valence-electron chi connectivity index (χ1n) is 12.3. The van der Waals surface area contributed by atoms with Gasteiger partial charge < -0.3 is 4.74 Å². The average Bonchev–Trinajstić information content (AvgIpc) is 2.71. The van der Waals surface area contributed by atoms with Gasteiger partial charge in [-0.3, -0.25) is 0 Å². The van der Waals surface area contributed by atoms with E-state index in [0.29, 0.717) is 6.10 Å². The lowest BCUT2D eigenvalue weighted by molar-refractivity contribution is 0.173. The van der Waals surface area contributed by atoms with Gasteiger partial charge in [0.25, 0.3) is 0 Å². The zero-order valence-electron chi connectivity index (χ0n) is 19.0. The maximum absolute atomic E-state index is 6.38. The number of aryl methyl sites for hydroxylation is 1. The molecule has 0 heterocycles. The summed E-state index contributed by atoms with van der Waals surface area (Å²) >= 11 is 0. The van der Waals surface area contributed by atoms with E-state index in [1.165, 1.54) is 108 Å². The van der Waals surface area contributed by atoms with Crippen molar-refractivity contribution in [3.05, 3.63) is 36.8 Å². The van der Waals surface area contributed by atoms with Gasteiger partial charge in [-0.15, -0.1) is 0 Å². The molecular weight excluding hydrogens is 340 g/mol. The van der Waals surface area contributed by atoms with Crippen LogP contribution in [0, 0.1) is 6.92 Å². The molecule has 28 heavy (non-hydrogen) atoms. The molecule has 1 heteroatoms. The highest BCUT2D eigenvalue weighted by Crippen LogP contribution is 2.21. The van der Waals surface area contributed by atoms with Crippen LogP contribution in [0.3, 0.4) is 0 Å². The average molecular weight is 388 g/mol. The minimum absolute atomic E-state index is 0.373. The first kappa shape index (κ1) is 25.1. The van der Waals surface area contributed by atoms with Crippen LogP contribution in [-0.2, 0) is 6.42 Å². The SMILES string of the molecule is [CH2]CCCCC(CCCCCCCCCC)Oc1ccc(CCCCC)cc1. The summed E-state index contributed by atoms with van der Waals surface area (Å²) < 4.78 is 6.38. The second-order valence-electron chi connectivity index (χ2n) is 8.45. The minimum Gasteiger partial charge on any atom is -0.490 e. The zero-order chi connectivity index (χ0) is 20.3. The van der Waals surface area contributed by atoms with E-state index in [4.69, 9.17) is 4.74 Å². The summed E-state index contributed by atoms with van der Waals surface area (Å²) in [5.41, 5.74) is 1.44. The summed E-state index contributed by atoms with van der Waals surface area (Å²) in [5, 5.41) is 0. The molecule has 161 valence electrons. The van der Waals surface area contributed by atoms with E-state index in [0.717, 1.165) is 12.2 Å². The third-order valence-electron chi connectivity index (χ3n) is 5.70. The highest BCUT2D eigenvalue weighted by Gasteiger charge is 2.10. The maximum Gasteiger partial charge on any atom is 0.119 e. The molecule has 0 fully saturated rings. The van der Waals surface area contributed by atoms with E-state index in [2.05, 4.69) is 45.0 Å². The third kappa shape index (κ3) is 13.2. The van der Waals surface area contributed by atoms with Crippen molar-refractivity contribution in [2.24, 2.45) is 0 Å². The van der Waals surface area contributed by atoms with Crippen molar-refractivity contribution in [3.8, 4) is 5.75 Å². The molecule has 1 aromatic rings. The van der Waals surface area contributed by atoms with Crippen LogP contribution in [0.1, 0.15) is 122 Å². The molecule has 0 saturated carbocycles. The van der Waals surface area contributed by atoms with E-state index in [1.54, 1.807) is 0 Å². The molecule has 0 amide bonds. The van der Waals surface area contributed by atoms with E-state index in [1.807, 2.05) is 0 Å². The second-order valence-corrected chi connectivity index (χ2v) is 8.45. The Kier molecular flexibility index (Phi) is 16.2. The van der Waals surface area contributed by atoms with Gasteiger partial charge >= 0.3 is 0 Å². The van der Waals surface area contributed by atoms with Gasteiger partial charge in [0.1, 0.15) is 5.75 Å². The standard InChI is InChI=1S/C27H47O/c1-4-7-10-11-12-13-14-17-20-26(19-16-9-6-3)28-27-23-21-25(22-24-27)18-15-8-5-2/h21-24,26H,3-20H2,1-2H3. The molecule has 0 aliphatic carbocycles. The van der Waals surface area contributed by atoms with Gasteiger partial charge in [0.15, 0.2) is 0 Å². The number of hydrogen-bond acceptors (Lipinski definition) is 1. The lowest BCUT2D eigenvalue weighted by Crippen LogP contribution is -2.16. The lowest BCUT2D eigenvalue weighted by Gasteiger charge is -2.19. The largest absolute Gasteiger partial charge is 0.490 e. The van der Waals surface area contributed by atoms with Crippen LogP contribution in [0.5, 0.6) is 5.75 Å². The molecule has 1 radical (unpaired) electrons. The van der Waals surface area contributed by atoms with E-state index in [-0.39, 0.29) is 0 Å². The van der Waals surface area contributed by atoms with Crippen LogP contribution in [0.2, 0.25) is 0 Å². The van der Waals surface area contributed by atoms with Gasteiger partial charge in [0, 0.05) is 0 Å². The molecule has 0 aliphatic rings. The Balaban J connectivity index is 2.33. The molecule has 1 rings (SSSR count). The number of unbranched alkanes of at least 4 members (excludes halogenated alkanes) is 11. The van der Waals surface area contributed by atoms with Crippen molar-refractivity contribution in [1.82, 2.24) is 0 Å². The highest BCUT2D eigenvalue weighted by atomic mass is 16.5. The third-order valence-corrected chi connectivity index (χ3v) is 5.70. The highest BCUT2D eigenvalue weighted by molar-refractivity contribution is 5.27. The Morgan fingerprint density at radius 1 is 0.679 bits per heavy atom. The molecule has 0 spiro atoms. The van der Waals surface area contributed by atoms with E-state index in [9.17, 15) is 0 Å². The number of hydrogen-bond donors (Lipinski definition) is 0. The Hall–Kier alpha value is -0.980. The van der Waals surface area contributed by atoms with Crippen LogP contribution < -0.4 is 4.74 Å². The summed E-state index contributed by atoms with van der Waals surface area (Å²) in [4.78, 5) is 0. The van der Waals surface area contributed by atoms with Gasteiger partial charge in [-0.1, -0.05) is 104 Å². The number of benzene rings is 1. The quantitative estimate of drug-likeness (QED) is 0.215. The Labute approximate surface area is 176 Å². The first-order valence-corrected chi connectivity index (χ1v) is 12.3. The molecule has 1 nitrogen and oxygen atoms in total. The summed E-state index contributed by atoms with van der Waals surface area (Å²) in [5.74, 6) is 1.05. The molecule has 0 N–H and O–H groups in total. The Morgan fingerprint density at radius 2 is 1.21 bits per heavy atom. The molecule has 0 saturated heterocycles. The summed E-state index contributed by atoms with van der Waals surface area (Å²) in [6, 6.07) is 8.88. The van der Waals surface area contributed by atoms with E-state index < -0.39 is 0 Å². The summed E-state index contributed by atoms with van der Waals surface area (Å²) in [7, 11) is 0. The molecule has 1 aromatic carbocycles. The predicted molar refractivity (Wildman–Crippen MR) is 125 cm³/mol. The summed E-state index contributed by atoms with van der Waals surface area (Å²) in [6.45, 7) is 8.53. The fraction of sp³-hybridized carbons (Fsp3) is 0.741.